The fraction of sp³-hybridized carbons (Fsp3) is 0.240. The molecule has 0 unspecified atom stereocenters. The van der Waals surface area contributed by atoms with Crippen molar-refractivity contribution < 1.29 is 8.78 Å². The molecular weight excluding hydrogens is 422 g/mol. The van der Waals surface area contributed by atoms with Crippen LogP contribution in [0.3, 0.4) is 0 Å². The number of pyridine rings is 1. The Hall–Kier alpha value is -3.65. The monoisotopic (exact) mass is 446 g/mol. The molecule has 1 aliphatic rings. The van der Waals surface area contributed by atoms with Gasteiger partial charge in [-0.2, -0.15) is 9.61 Å². The molecule has 0 aliphatic heterocycles. The molecule has 1 aromatic carbocycles. The van der Waals surface area contributed by atoms with Crippen molar-refractivity contribution in [2.24, 2.45) is 5.73 Å². The third-order valence-electron chi connectivity index (χ3n) is 5.99. The first kappa shape index (κ1) is 21.2. The van der Waals surface area contributed by atoms with Crippen LogP contribution in [0, 0.1) is 18.6 Å². The van der Waals surface area contributed by atoms with Crippen molar-refractivity contribution in [3.8, 4) is 11.3 Å². The van der Waals surface area contributed by atoms with E-state index in [2.05, 4.69) is 33.4 Å². The van der Waals surface area contributed by atoms with E-state index in [0.29, 0.717) is 17.0 Å². The minimum absolute atomic E-state index is 0.0144. The largest absolute Gasteiger partial charge is 0.324 e. The van der Waals surface area contributed by atoms with Crippen molar-refractivity contribution in [1.82, 2.24) is 19.6 Å². The van der Waals surface area contributed by atoms with Crippen molar-refractivity contribution in [3.05, 3.63) is 83.3 Å². The second kappa shape index (κ2) is 8.37. The molecule has 4 aromatic rings. The Morgan fingerprint density at radius 2 is 1.88 bits per heavy atom. The van der Waals surface area contributed by atoms with E-state index >= 15 is 0 Å². The predicted octanol–water partition coefficient (Wildman–Crippen LogP) is 5.27. The van der Waals surface area contributed by atoms with Crippen molar-refractivity contribution in [3.63, 3.8) is 0 Å². The molecule has 3 heterocycles. The Kier molecular flexibility index (Phi) is 5.38. The van der Waals surface area contributed by atoms with E-state index in [4.69, 9.17) is 5.73 Å². The summed E-state index contributed by atoms with van der Waals surface area (Å²) in [5.74, 6) is -0.622. The van der Waals surface area contributed by atoms with Crippen LogP contribution in [0.2, 0.25) is 0 Å². The van der Waals surface area contributed by atoms with Gasteiger partial charge < -0.3 is 11.1 Å². The SMILES string of the molecule is CC1=C[C@H](N)C[C@H](c2ccncc2Nc2ncc3ccc(-c4c(F)cc(C)cc4F)nn23)C1. The van der Waals surface area contributed by atoms with Crippen LogP contribution in [0.25, 0.3) is 16.8 Å². The zero-order chi connectivity index (χ0) is 23.1. The van der Waals surface area contributed by atoms with E-state index in [1.165, 1.54) is 17.7 Å². The lowest BCUT2D eigenvalue weighted by atomic mass is 9.82. The number of halogens is 2. The smallest absolute Gasteiger partial charge is 0.229 e. The first-order valence-electron chi connectivity index (χ1n) is 10.8. The zero-order valence-corrected chi connectivity index (χ0v) is 18.4. The lowest BCUT2D eigenvalue weighted by Gasteiger charge is -2.27. The molecule has 2 atom stereocenters. The molecule has 0 spiro atoms. The van der Waals surface area contributed by atoms with Gasteiger partial charge in [0.15, 0.2) is 0 Å². The summed E-state index contributed by atoms with van der Waals surface area (Å²) in [4.78, 5) is 8.71. The zero-order valence-electron chi connectivity index (χ0n) is 18.4. The van der Waals surface area contributed by atoms with E-state index in [-0.39, 0.29) is 23.2 Å². The van der Waals surface area contributed by atoms with Crippen LogP contribution in [0.4, 0.5) is 20.4 Å². The fourth-order valence-electron chi connectivity index (χ4n) is 4.57. The lowest BCUT2D eigenvalue weighted by molar-refractivity contribution is 0.545. The summed E-state index contributed by atoms with van der Waals surface area (Å²) in [6, 6.07) is 7.92. The van der Waals surface area contributed by atoms with Gasteiger partial charge >= 0.3 is 0 Å². The van der Waals surface area contributed by atoms with E-state index in [9.17, 15) is 8.78 Å². The summed E-state index contributed by atoms with van der Waals surface area (Å²) in [5.41, 5.74) is 10.6. The van der Waals surface area contributed by atoms with Crippen molar-refractivity contribution >= 4 is 17.2 Å². The van der Waals surface area contributed by atoms with Gasteiger partial charge in [-0.25, -0.2) is 13.8 Å². The first-order chi connectivity index (χ1) is 15.9. The van der Waals surface area contributed by atoms with Gasteiger partial charge in [0.25, 0.3) is 0 Å². The highest BCUT2D eigenvalue weighted by Gasteiger charge is 2.23. The topological polar surface area (TPSA) is 81.1 Å². The normalized spacial score (nSPS) is 18.4. The molecule has 5 rings (SSSR count). The lowest BCUT2D eigenvalue weighted by Crippen LogP contribution is -2.25. The summed E-state index contributed by atoms with van der Waals surface area (Å²) in [6.07, 6.45) is 9.04. The van der Waals surface area contributed by atoms with Gasteiger partial charge in [0.2, 0.25) is 5.95 Å². The van der Waals surface area contributed by atoms with Crippen LogP contribution in [0.1, 0.15) is 36.8 Å². The van der Waals surface area contributed by atoms with Gasteiger partial charge in [-0.3, -0.25) is 4.98 Å². The number of imidazole rings is 1. The van der Waals surface area contributed by atoms with Gasteiger partial charge in [0, 0.05) is 12.2 Å². The third-order valence-corrected chi connectivity index (χ3v) is 5.99. The molecular formula is C25H24F2N6. The number of aromatic nitrogens is 4. The van der Waals surface area contributed by atoms with Crippen LogP contribution >= 0.6 is 0 Å². The summed E-state index contributed by atoms with van der Waals surface area (Å²) < 4.78 is 30.6. The second-order valence-electron chi connectivity index (χ2n) is 8.64. The molecule has 0 amide bonds. The van der Waals surface area contributed by atoms with Gasteiger partial charge in [-0.1, -0.05) is 11.6 Å². The van der Waals surface area contributed by atoms with Crippen LogP contribution in [-0.2, 0) is 0 Å². The Balaban J connectivity index is 1.53. The Morgan fingerprint density at radius 3 is 2.64 bits per heavy atom. The molecule has 0 fully saturated rings. The van der Waals surface area contributed by atoms with E-state index in [1.54, 1.807) is 42.2 Å². The molecule has 8 heteroatoms. The highest BCUT2D eigenvalue weighted by atomic mass is 19.1. The van der Waals surface area contributed by atoms with Gasteiger partial charge in [-0.15, -0.1) is 0 Å². The van der Waals surface area contributed by atoms with Crippen LogP contribution in [0.15, 0.2) is 60.6 Å². The van der Waals surface area contributed by atoms with E-state index in [1.807, 2.05) is 6.07 Å². The summed E-state index contributed by atoms with van der Waals surface area (Å²) in [7, 11) is 0. The quantitative estimate of drug-likeness (QED) is 0.417. The molecule has 33 heavy (non-hydrogen) atoms. The molecule has 168 valence electrons. The number of nitrogens with two attached hydrogens (primary N) is 1. The molecule has 1 aliphatic carbocycles. The summed E-state index contributed by atoms with van der Waals surface area (Å²) in [5, 5.41) is 7.80. The maximum atomic E-state index is 14.5. The molecule has 0 radical (unpaired) electrons. The van der Waals surface area contributed by atoms with Gasteiger partial charge in [-0.05, 0) is 74.1 Å². The van der Waals surface area contributed by atoms with Crippen LogP contribution in [-0.4, -0.2) is 25.6 Å². The standard InChI is InChI=1S/C25H24F2N6/c1-14-7-16(11-17(28)8-14)19-5-6-29-13-23(19)31-25-30-12-18-3-4-22(32-33(18)25)24-20(26)9-15(2)10-21(24)27/h3-6,8-10,12-13,16-17H,7,11,28H2,1-2H3,(H,30,31)/t16-,17+/m1/s1. The number of hydrogen-bond acceptors (Lipinski definition) is 5. The summed E-state index contributed by atoms with van der Waals surface area (Å²) >= 11 is 0. The maximum absolute atomic E-state index is 14.5. The third kappa shape index (κ3) is 4.09. The fourth-order valence-corrected chi connectivity index (χ4v) is 4.57. The Bertz CT molecular complexity index is 1350. The number of hydrogen-bond donors (Lipinski definition) is 2. The highest BCUT2D eigenvalue weighted by molar-refractivity contribution is 5.66. The minimum atomic E-state index is -0.652. The number of benzene rings is 1. The molecule has 0 saturated heterocycles. The second-order valence-corrected chi connectivity index (χ2v) is 8.64. The number of fused-ring (bicyclic) bond motifs is 1. The molecule has 3 N–H and O–H groups in total. The highest BCUT2D eigenvalue weighted by Crippen LogP contribution is 2.36. The molecule has 6 nitrogen and oxygen atoms in total. The van der Waals surface area contributed by atoms with Crippen molar-refractivity contribution in [1.29, 1.82) is 0 Å². The predicted molar refractivity (Wildman–Crippen MR) is 124 cm³/mol. The van der Waals surface area contributed by atoms with Gasteiger partial charge in [0.05, 0.1) is 34.9 Å². The van der Waals surface area contributed by atoms with Crippen LogP contribution < -0.4 is 11.1 Å². The van der Waals surface area contributed by atoms with Gasteiger partial charge in [0.1, 0.15) is 11.6 Å². The number of nitrogens with one attached hydrogen (secondary N) is 1. The number of rotatable bonds is 4. The first-order valence-corrected chi connectivity index (χ1v) is 10.8. The number of allylic oxidation sites excluding steroid dienone is 1. The summed E-state index contributed by atoms with van der Waals surface area (Å²) in [6.45, 7) is 3.74. The molecule has 0 saturated carbocycles. The van der Waals surface area contributed by atoms with E-state index in [0.717, 1.165) is 24.1 Å². The number of anilines is 2. The van der Waals surface area contributed by atoms with Crippen molar-refractivity contribution in [2.75, 3.05) is 5.32 Å². The van der Waals surface area contributed by atoms with Crippen molar-refractivity contribution in [2.45, 2.75) is 38.6 Å². The number of nitrogens with zero attached hydrogens (tertiary/aromatic N) is 4. The maximum Gasteiger partial charge on any atom is 0.229 e. The average Bonchev–Trinajstić information content (AvgIpc) is 3.15. The van der Waals surface area contributed by atoms with E-state index < -0.39 is 11.6 Å². The number of aryl methyl sites for hydroxylation is 1. The Morgan fingerprint density at radius 1 is 1.09 bits per heavy atom. The molecule has 0 bridgehead atoms. The molecule has 3 aromatic heterocycles. The average molecular weight is 447 g/mol. The van der Waals surface area contributed by atoms with Crippen LogP contribution in [0.5, 0.6) is 0 Å². The Labute approximate surface area is 190 Å². The minimum Gasteiger partial charge on any atom is -0.324 e.